The predicted molar refractivity (Wildman–Crippen MR) is 101 cm³/mol. The Labute approximate surface area is 159 Å². The SMILES string of the molecule is C[C@H](OC(=O)c1cc2ccccc2s1)C(=O)NCc1ccc2c(c1)OCO2. The van der Waals surface area contributed by atoms with Crippen molar-refractivity contribution in [2.75, 3.05) is 6.79 Å². The third kappa shape index (κ3) is 3.73. The van der Waals surface area contributed by atoms with Crippen molar-refractivity contribution in [2.45, 2.75) is 19.6 Å². The maximum Gasteiger partial charge on any atom is 0.349 e. The number of nitrogens with one attached hydrogen (secondary N) is 1. The van der Waals surface area contributed by atoms with Crippen molar-refractivity contribution in [3.8, 4) is 11.5 Å². The topological polar surface area (TPSA) is 73.9 Å². The van der Waals surface area contributed by atoms with E-state index in [2.05, 4.69) is 5.32 Å². The fourth-order valence-corrected chi connectivity index (χ4v) is 3.68. The highest BCUT2D eigenvalue weighted by Gasteiger charge is 2.20. The van der Waals surface area contributed by atoms with E-state index >= 15 is 0 Å². The van der Waals surface area contributed by atoms with Gasteiger partial charge in [-0.3, -0.25) is 4.79 Å². The van der Waals surface area contributed by atoms with E-state index in [1.54, 1.807) is 19.1 Å². The fraction of sp³-hybridized carbons (Fsp3) is 0.200. The Kier molecular flexibility index (Phi) is 4.68. The van der Waals surface area contributed by atoms with Crippen molar-refractivity contribution in [1.29, 1.82) is 0 Å². The van der Waals surface area contributed by atoms with Crippen LogP contribution >= 0.6 is 11.3 Å². The average molecular weight is 383 g/mol. The van der Waals surface area contributed by atoms with Gasteiger partial charge in [0.2, 0.25) is 6.79 Å². The summed E-state index contributed by atoms with van der Waals surface area (Å²) in [5.74, 6) is 0.491. The van der Waals surface area contributed by atoms with E-state index in [9.17, 15) is 9.59 Å². The number of fused-ring (bicyclic) bond motifs is 2. The van der Waals surface area contributed by atoms with Crippen LogP contribution in [0, 0.1) is 0 Å². The molecule has 0 saturated heterocycles. The first kappa shape index (κ1) is 17.4. The molecule has 1 N–H and O–H groups in total. The van der Waals surface area contributed by atoms with Crippen molar-refractivity contribution >= 4 is 33.3 Å². The van der Waals surface area contributed by atoms with Crippen LogP contribution in [0.15, 0.2) is 48.5 Å². The lowest BCUT2D eigenvalue weighted by Gasteiger charge is -2.13. The largest absolute Gasteiger partial charge is 0.454 e. The highest BCUT2D eigenvalue weighted by molar-refractivity contribution is 7.20. The lowest BCUT2D eigenvalue weighted by molar-refractivity contribution is -0.129. The van der Waals surface area contributed by atoms with E-state index in [-0.39, 0.29) is 12.7 Å². The van der Waals surface area contributed by atoms with Gasteiger partial charge >= 0.3 is 5.97 Å². The van der Waals surface area contributed by atoms with E-state index in [1.807, 2.05) is 36.4 Å². The van der Waals surface area contributed by atoms with E-state index in [0.717, 1.165) is 15.6 Å². The van der Waals surface area contributed by atoms with E-state index < -0.39 is 12.1 Å². The standard InChI is InChI=1S/C20H17NO5S/c1-12(26-20(23)18-9-14-4-2-3-5-17(14)27-18)19(22)21-10-13-6-7-15-16(8-13)25-11-24-15/h2-9,12H,10-11H2,1H3,(H,21,22)/t12-/m0/s1. The molecule has 1 atom stereocenters. The summed E-state index contributed by atoms with van der Waals surface area (Å²) in [6.07, 6.45) is -0.892. The summed E-state index contributed by atoms with van der Waals surface area (Å²) >= 11 is 1.35. The monoisotopic (exact) mass is 383 g/mol. The lowest BCUT2D eigenvalue weighted by Crippen LogP contribution is -2.35. The van der Waals surface area contributed by atoms with Crippen molar-refractivity contribution in [3.63, 3.8) is 0 Å². The van der Waals surface area contributed by atoms with Gasteiger partial charge < -0.3 is 19.5 Å². The first-order valence-corrected chi connectivity index (χ1v) is 9.27. The molecule has 1 aliphatic heterocycles. The second-order valence-electron chi connectivity index (χ2n) is 6.10. The van der Waals surface area contributed by atoms with Crippen molar-refractivity contribution < 1.29 is 23.8 Å². The molecular formula is C20H17NO5S. The minimum absolute atomic E-state index is 0.204. The number of carbonyl (C=O) groups is 2. The number of rotatable bonds is 5. The maximum atomic E-state index is 12.3. The Hall–Kier alpha value is -3.06. The normalized spacial score (nSPS) is 13.4. The average Bonchev–Trinajstić information content (AvgIpc) is 3.31. The molecule has 1 aliphatic rings. The first-order valence-electron chi connectivity index (χ1n) is 8.46. The zero-order valence-corrected chi connectivity index (χ0v) is 15.4. The maximum absolute atomic E-state index is 12.3. The van der Waals surface area contributed by atoms with Gasteiger partial charge in [-0.15, -0.1) is 11.3 Å². The lowest BCUT2D eigenvalue weighted by atomic mass is 10.2. The summed E-state index contributed by atoms with van der Waals surface area (Å²) < 4.78 is 16.9. The second kappa shape index (κ2) is 7.28. The van der Waals surface area contributed by atoms with Gasteiger partial charge in [-0.1, -0.05) is 24.3 Å². The van der Waals surface area contributed by atoms with Crippen LogP contribution in [-0.4, -0.2) is 24.8 Å². The molecule has 0 aliphatic carbocycles. The van der Waals surface area contributed by atoms with Crippen LogP contribution in [0.5, 0.6) is 11.5 Å². The summed E-state index contributed by atoms with van der Waals surface area (Å²) in [6, 6.07) is 14.9. The van der Waals surface area contributed by atoms with Gasteiger partial charge in [0, 0.05) is 11.2 Å². The van der Waals surface area contributed by atoms with Gasteiger partial charge in [0.15, 0.2) is 17.6 Å². The molecule has 0 bridgehead atoms. The van der Waals surface area contributed by atoms with Gasteiger partial charge in [0.05, 0.1) is 0 Å². The zero-order chi connectivity index (χ0) is 18.8. The van der Waals surface area contributed by atoms with Gasteiger partial charge in [-0.2, -0.15) is 0 Å². The highest BCUT2D eigenvalue weighted by Crippen LogP contribution is 2.32. The molecular weight excluding hydrogens is 366 g/mol. The predicted octanol–water partition coefficient (Wildman–Crippen LogP) is 3.49. The molecule has 138 valence electrons. The number of esters is 1. The molecule has 0 unspecified atom stereocenters. The molecule has 0 radical (unpaired) electrons. The number of carbonyl (C=O) groups excluding carboxylic acids is 2. The Bertz CT molecular complexity index is 980. The van der Waals surface area contributed by atoms with Crippen molar-refractivity contribution in [3.05, 3.63) is 59.0 Å². The van der Waals surface area contributed by atoms with E-state index in [1.165, 1.54) is 11.3 Å². The molecule has 7 heteroatoms. The molecule has 1 aromatic heterocycles. The fourth-order valence-electron chi connectivity index (χ4n) is 2.74. The summed E-state index contributed by atoms with van der Waals surface area (Å²) in [4.78, 5) is 25.0. The third-order valence-corrected chi connectivity index (χ3v) is 5.28. The molecule has 0 fully saturated rings. The molecule has 6 nitrogen and oxygen atoms in total. The van der Waals surface area contributed by atoms with E-state index in [4.69, 9.17) is 14.2 Å². The summed E-state index contributed by atoms with van der Waals surface area (Å²) in [5, 5.41) is 3.75. The van der Waals surface area contributed by atoms with Crippen LogP contribution < -0.4 is 14.8 Å². The van der Waals surface area contributed by atoms with Crippen LogP contribution in [0.3, 0.4) is 0 Å². The summed E-state index contributed by atoms with van der Waals surface area (Å²) in [7, 11) is 0. The molecule has 0 spiro atoms. The minimum Gasteiger partial charge on any atom is -0.454 e. The molecule has 4 rings (SSSR count). The number of benzene rings is 2. The molecule has 3 aromatic rings. The van der Waals surface area contributed by atoms with Crippen LogP contribution in [0.1, 0.15) is 22.2 Å². The Morgan fingerprint density at radius 2 is 1.96 bits per heavy atom. The molecule has 2 aromatic carbocycles. The second-order valence-corrected chi connectivity index (χ2v) is 7.19. The minimum atomic E-state index is -0.892. The van der Waals surface area contributed by atoms with Crippen LogP contribution in [0.2, 0.25) is 0 Å². The summed E-state index contributed by atoms with van der Waals surface area (Å²) in [5.41, 5.74) is 0.871. The number of ether oxygens (including phenoxy) is 3. The van der Waals surface area contributed by atoms with E-state index in [0.29, 0.717) is 22.9 Å². The Morgan fingerprint density at radius 3 is 2.81 bits per heavy atom. The smallest absolute Gasteiger partial charge is 0.349 e. The van der Waals surface area contributed by atoms with Gasteiger partial charge in [-0.25, -0.2) is 4.79 Å². The first-order chi connectivity index (χ1) is 13.1. The molecule has 1 amide bonds. The van der Waals surface area contributed by atoms with Crippen LogP contribution in [0.25, 0.3) is 10.1 Å². The zero-order valence-electron chi connectivity index (χ0n) is 14.6. The van der Waals surface area contributed by atoms with Gasteiger partial charge in [0.1, 0.15) is 4.88 Å². The molecule has 0 saturated carbocycles. The number of hydrogen-bond donors (Lipinski definition) is 1. The van der Waals surface area contributed by atoms with Gasteiger partial charge in [-0.05, 0) is 42.1 Å². The Balaban J connectivity index is 1.34. The number of hydrogen-bond acceptors (Lipinski definition) is 6. The van der Waals surface area contributed by atoms with Crippen molar-refractivity contribution in [2.24, 2.45) is 0 Å². The molecule has 27 heavy (non-hydrogen) atoms. The quantitative estimate of drug-likeness (QED) is 0.683. The number of amides is 1. The Morgan fingerprint density at radius 1 is 1.15 bits per heavy atom. The summed E-state index contributed by atoms with van der Waals surface area (Å²) in [6.45, 7) is 2.07. The molecule has 2 heterocycles. The third-order valence-electron chi connectivity index (χ3n) is 4.18. The van der Waals surface area contributed by atoms with Crippen LogP contribution in [-0.2, 0) is 16.1 Å². The number of thiophene rings is 1. The highest BCUT2D eigenvalue weighted by atomic mass is 32.1. The van der Waals surface area contributed by atoms with Crippen LogP contribution in [0.4, 0.5) is 0 Å². The van der Waals surface area contributed by atoms with Crippen molar-refractivity contribution in [1.82, 2.24) is 5.32 Å². The van der Waals surface area contributed by atoms with Gasteiger partial charge in [0.25, 0.3) is 5.91 Å².